The first-order chi connectivity index (χ1) is 9.60. The number of nitrogens with zero attached hydrogens (tertiary/aromatic N) is 1. The van der Waals surface area contributed by atoms with Crippen LogP contribution in [0.4, 0.5) is 0 Å². The lowest BCUT2D eigenvalue weighted by Gasteiger charge is -2.27. The third-order valence-corrected chi connectivity index (χ3v) is 3.95. The fraction of sp³-hybridized carbons (Fsp3) is 0.647. The van der Waals surface area contributed by atoms with Crippen LogP contribution in [0.2, 0.25) is 0 Å². The Bertz CT molecular complexity index is 381. The van der Waals surface area contributed by atoms with E-state index < -0.39 is 0 Å². The second-order valence-electron chi connectivity index (χ2n) is 5.54. The summed E-state index contributed by atoms with van der Waals surface area (Å²) in [6.07, 6.45) is 1.11. The molecule has 1 N–H and O–H groups in total. The van der Waals surface area contributed by atoms with Gasteiger partial charge in [-0.05, 0) is 45.0 Å². The van der Waals surface area contributed by atoms with E-state index in [9.17, 15) is 0 Å². The van der Waals surface area contributed by atoms with Crippen molar-refractivity contribution < 1.29 is 4.74 Å². The molecule has 0 saturated heterocycles. The van der Waals surface area contributed by atoms with Crippen molar-refractivity contribution in [3.05, 3.63) is 35.4 Å². The van der Waals surface area contributed by atoms with Crippen LogP contribution in [0.1, 0.15) is 37.4 Å². The van der Waals surface area contributed by atoms with Crippen molar-refractivity contribution in [3.8, 4) is 0 Å². The van der Waals surface area contributed by atoms with E-state index in [0.29, 0.717) is 12.1 Å². The van der Waals surface area contributed by atoms with Crippen molar-refractivity contribution >= 4 is 0 Å². The summed E-state index contributed by atoms with van der Waals surface area (Å²) in [5.74, 6) is 0. The third kappa shape index (κ3) is 5.23. The van der Waals surface area contributed by atoms with E-state index in [0.717, 1.165) is 26.1 Å². The molecule has 114 valence electrons. The minimum absolute atomic E-state index is 0.429. The van der Waals surface area contributed by atoms with Gasteiger partial charge in [0.1, 0.15) is 0 Å². The van der Waals surface area contributed by atoms with Crippen molar-refractivity contribution in [3.63, 3.8) is 0 Å². The summed E-state index contributed by atoms with van der Waals surface area (Å²) in [4.78, 5) is 2.37. The van der Waals surface area contributed by atoms with E-state index in [-0.39, 0.29) is 0 Å². The Hall–Kier alpha value is -0.900. The van der Waals surface area contributed by atoms with E-state index in [4.69, 9.17) is 4.74 Å². The molecule has 0 fully saturated rings. The highest BCUT2D eigenvalue weighted by molar-refractivity contribution is 5.28. The maximum atomic E-state index is 5.23. The van der Waals surface area contributed by atoms with Gasteiger partial charge in [0.05, 0.1) is 6.61 Å². The molecule has 0 bridgehead atoms. The molecule has 0 amide bonds. The van der Waals surface area contributed by atoms with E-state index in [1.54, 1.807) is 7.11 Å². The van der Waals surface area contributed by atoms with Crippen LogP contribution in [-0.4, -0.2) is 44.8 Å². The molecule has 3 nitrogen and oxygen atoms in total. The van der Waals surface area contributed by atoms with Crippen LogP contribution in [0, 0.1) is 6.92 Å². The van der Waals surface area contributed by atoms with Crippen molar-refractivity contribution in [2.75, 3.05) is 33.9 Å². The number of nitrogens with one attached hydrogen (secondary N) is 1. The lowest BCUT2D eigenvalue weighted by Crippen LogP contribution is -2.35. The quantitative estimate of drug-likeness (QED) is 0.751. The minimum atomic E-state index is 0.429. The second-order valence-corrected chi connectivity index (χ2v) is 5.54. The number of aryl methyl sites for hydroxylation is 1. The minimum Gasteiger partial charge on any atom is -0.383 e. The smallest absolute Gasteiger partial charge is 0.0615 e. The highest BCUT2D eigenvalue weighted by atomic mass is 16.5. The molecule has 2 atom stereocenters. The molecule has 1 rings (SSSR count). The Morgan fingerprint density at radius 2 is 2.00 bits per heavy atom. The number of ether oxygens (including phenoxy) is 1. The monoisotopic (exact) mass is 278 g/mol. The summed E-state index contributed by atoms with van der Waals surface area (Å²) in [5, 5.41) is 3.61. The maximum absolute atomic E-state index is 5.23. The average Bonchev–Trinajstić information content (AvgIpc) is 2.44. The predicted molar refractivity (Wildman–Crippen MR) is 86.2 cm³/mol. The molecule has 0 aromatic heterocycles. The number of benzene rings is 1. The normalized spacial score (nSPS) is 14.5. The van der Waals surface area contributed by atoms with Gasteiger partial charge in [-0.15, -0.1) is 0 Å². The van der Waals surface area contributed by atoms with E-state index in [2.05, 4.69) is 62.3 Å². The largest absolute Gasteiger partial charge is 0.383 e. The Morgan fingerprint density at radius 3 is 2.60 bits per heavy atom. The average molecular weight is 278 g/mol. The van der Waals surface area contributed by atoms with E-state index in [1.807, 2.05) is 0 Å². The summed E-state index contributed by atoms with van der Waals surface area (Å²) >= 11 is 0. The lowest BCUT2D eigenvalue weighted by molar-refractivity contribution is 0.113. The summed E-state index contributed by atoms with van der Waals surface area (Å²) < 4.78 is 5.23. The molecule has 2 unspecified atom stereocenters. The lowest BCUT2D eigenvalue weighted by atomic mass is 9.98. The van der Waals surface area contributed by atoms with Crippen molar-refractivity contribution in [1.29, 1.82) is 0 Å². The zero-order valence-electron chi connectivity index (χ0n) is 13.6. The first kappa shape index (κ1) is 17.2. The fourth-order valence-corrected chi connectivity index (χ4v) is 2.51. The van der Waals surface area contributed by atoms with Gasteiger partial charge in [0.15, 0.2) is 0 Å². The van der Waals surface area contributed by atoms with Crippen LogP contribution in [0.15, 0.2) is 24.3 Å². The predicted octanol–water partition coefficient (Wildman–Crippen LogP) is 3.00. The van der Waals surface area contributed by atoms with Gasteiger partial charge in [-0.1, -0.05) is 31.2 Å². The number of hydrogen-bond acceptors (Lipinski definition) is 3. The fourth-order valence-electron chi connectivity index (χ4n) is 2.51. The second kappa shape index (κ2) is 9.11. The highest BCUT2D eigenvalue weighted by Gasteiger charge is 2.15. The van der Waals surface area contributed by atoms with Gasteiger partial charge >= 0.3 is 0 Å². The van der Waals surface area contributed by atoms with Gasteiger partial charge in [-0.3, -0.25) is 0 Å². The van der Waals surface area contributed by atoms with E-state index in [1.165, 1.54) is 11.1 Å². The van der Waals surface area contributed by atoms with Crippen molar-refractivity contribution in [1.82, 2.24) is 10.2 Å². The molecule has 0 heterocycles. The van der Waals surface area contributed by atoms with Crippen LogP contribution in [0.3, 0.4) is 0 Å². The summed E-state index contributed by atoms with van der Waals surface area (Å²) in [7, 11) is 3.93. The van der Waals surface area contributed by atoms with Crippen molar-refractivity contribution in [2.24, 2.45) is 0 Å². The Balaban J connectivity index is 2.62. The molecule has 20 heavy (non-hydrogen) atoms. The van der Waals surface area contributed by atoms with E-state index >= 15 is 0 Å². The molecule has 0 saturated carbocycles. The Morgan fingerprint density at radius 1 is 1.30 bits per heavy atom. The third-order valence-electron chi connectivity index (χ3n) is 3.95. The Kier molecular flexibility index (Phi) is 7.82. The van der Waals surface area contributed by atoms with Gasteiger partial charge in [0.2, 0.25) is 0 Å². The topological polar surface area (TPSA) is 24.5 Å². The van der Waals surface area contributed by atoms with Gasteiger partial charge in [-0.25, -0.2) is 0 Å². The molecule has 0 radical (unpaired) electrons. The number of hydrogen-bond donors (Lipinski definition) is 1. The maximum Gasteiger partial charge on any atom is 0.0615 e. The standard InChI is InChI=1S/C17H30N2O/c1-6-18-17(16-10-8-7-9-14(16)2)11-12-19(4)15(3)13-20-5/h7-10,15,17-18H,6,11-13H2,1-5H3. The van der Waals surface area contributed by atoms with Crippen molar-refractivity contribution in [2.45, 2.75) is 39.3 Å². The first-order valence-corrected chi connectivity index (χ1v) is 7.58. The SMILES string of the molecule is CCNC(CCN(C)C(C)COC)c1ccccc1C. The highest BCUT2D eigenvalue weighted by Crippen LogP contribution is 2.21. The molecule has 0 aliphatic carbocycles. The van der Waals surface area contributed by atoms with Crippen LogP contribution >= 0.6 is 0 Å². The number of likely N-dealkylation sites (N-methyl/N-ethyl adjacent to an activating group) is 1. The number of methoxy groups -OCH3 is 1. The van der Waals surface area contributed by atoms with Crippen LogP contribution in [0.5, 0.6) is 0 Å². The zero-order valence-corrected chi connectivity index (χ0v) is 13.6. The van der Waals surface area contributed by atoms with Gasteiger partial charge < -0.3 is 15.0 Å². The molecule has 0 aliphatic heterocycles. The first-order valence-electron chi connectivity index (χ1n) is 7.58. The molecule has 1 aromatic carbocycles. The zero-order chi connectivity index (χ0) is 15.0. The molecular formula is C17H30N2O. The van der Waals surface area contributed by atoms with Crippen LogP contribution < -0.4 is 5.32 Å². The van der Waals surface area contributed by atoms with Gasteiger partial charge in [0.25, 0.3) is 0 Å². The molecule has 0 spiro atoms. The molecular weight excluding hydrogens is 248 g/mol. The summed E-state index contributed by atoms with van der Waals surface area (Å²) in [6.45, 7) is 9.42. The molecule has 1 aromatic rings. The summed E-state index contributed by atoms with van der Waals surface area (Å²) in [5.41, 5.74) is 2.79. The van der Waals surface area contributed by atoms with Crippen LogP contribution in [0.25, 0.3) is 0 Å². The molecule has 0 aliphatic rings. The summed E-state index contributed by atoms with van der Waals surface area (Å²) in [6, 6.07) is 9.55. The Labute approximate surface area is 124 Å². The number of rotatable bonds is 9. The van der Waals surface area contributed by atoms with Gasteiger partial charge in [0, 0.05) is 25.7 Å². The van der Waals surface area contributed by atoms with Gasteiger partial charge in [-0.2, -0.15) is 0 Å². The molecule has 3 heteroatoms. The van der Waals surface area contributed by atoms with Crippen LogP contribution in [-0.2, 0) is 4.74 Å².